The monoisotopic (exact) mass is 346 g/mol. The maximum atomic E-state index is 12.8. The standard InChI is InChI=1S/C17H26N6O2/c1-13(24)23-8-4-5-14(23)16(25)22-11-9-21(10-12-22)15-6-7-18-17(19-15)20(2)3/h6-7,14H,4-5,8-12H2,1-3H3/t14-/m1/s1. The normalized spacial score (nSPS) is 20.8. The minimum Gasteiger partial charge on any atom is -0.353 e. The molecule has 2 saturated heterocycles. The molecule has 0 aliphatic carbocycles. The van der Waals surface area contributed by atoms with Crippen LogP contribution in [0.5, 0.6) is 0 Å². The van der Waals surface area contributed by atoms with E-state index in [2.05, 4.69) is 14.9 Å². The number of hydrogen-bond acceptors (Lipinski definition) is 6. The summed E-state index contributed by atoms with van der Waals surface area (Å²) >= 11 is 0. The number of hydrogen-bond donors (Lipinski definition) is 0. The minimum absolute atomic E-state index is 0.00770. The van der Waals surface area contributed by atoms with Crippen molar-refractivity contribution >= 4 is 23.6 Å². The van der Waals surface area contributed by atoms with Crippen molar-refractivity contribution in [1.29, 1.82) is 0 Å². The Balaban J connectivity index is 1.61. The number of likely N-dealkylation sites (tertiary alicyclic amines) is 1. The van der Waals surface area contributed by atoms with Gasteiger partial charge in [0.1, 0.15) is 11.9 Å². The van der Waals surface area contributed by atoms with Gasteiger partial charge in [0.15, 0.2) is 0 Å². The van der Waals surface area contributed by atoms with Crippen LogP contribution in [0.1, 0.15) is 19.8 Å². The summed E-state index contributed by atoms with van der Waals surface area (Å²) in [6.07, 6.45) is 3.44. The van der Waals surface area contributed by atoms with Crippen LogP contribution in [0.2, 0.25) is 0 Å². The first-order valence-corrected chi connectivity index (χ1v) is 8.78. The van der Waals surface area contributed by atoms with Gasteiger partial charge in [-0.3, -0.25) is 9.59 Å². The lowest BCUT2D eigenvalue weighted by Crippen LogP contribution is -2.54. The first-order valence-electron chi connectivity index (χ1n) is 8.78. The zero-order chi connectivity index (χ0) is 18.0. The van der Waals surface area contributed by atoms with E-state index in [0.29, 0.717) is 25.6 Å². The molecule has 8 heteroatoms. The lowest BCUT2D eigenvalue weighted by molar-refractivity contribution is -0.143. The molecular weight excluding hydrogens is 320 g/mol. The molecule has 1 atom stereocenters. The number of carbonyl (C=O) groups excluding carboxylic acids is 2. The molecule has 0 bridgehead atoms. The van der Waals surface area contributed by atoms with Crippen LogP contribution >= 0.6 is 0 Å². The summed E-state index contributed by atoms with van der Waals surface area (Å²) in [6.45, 7) is 5.02. The van der Waals surface area contributed by atoms with Crippen molar-refractivity contribution < 1.29 is 9.59 Å². The fourth-order valence-corrected chi connectivity index (χ4v) is 3.50. The Morgan fingerprint density at radius 2 is 1.88 bits per heavy atom. The zero-order valence-electron chi connectivity index (χ0n) is 15.2. The van der Waals surface area contributed by atoms with E-state index < -0.39 is 0 Å². The number of anilines is 2. The van der Waals surface area contributed by atoms with E-state index in [9.17, 15) is 9.59 Å². The Morgan fingerprint density at radius 3 is 2.52 bits per heavy atom. The van der Waals surface area contributed by atoms with E-state index in [0.717, 1.165) is 31.7 Å². The highest BCUT2D eigenvalue weighted by molar-refractivity contribution is 5.87. The summed E-state index contributed by atoms with van der Waals surface area (Å²) < 4.78 is 0. The van der Waals surface area contributed by atoms with Crippen molar-refractivity contribution in [2.45, 2.75) is 25.8 Å². The molecule has 2 aliphatic rings. The third-order valence-corrected chi connectivity index (χ3v) is 4.89. The van der Waals surface area contributed by atoms with Gasteiger partial charge in [0.25, 0.3) is 0 Å². The maximum Gasteiger partial charge on any atom is 0.245 e. The van der Waals surface area contributed by atoms with Crippen molar-refractivity contribution in [1.82, 2.24) is 19.8 Å². The number of aromatic nitrogens is 2. The Hall–Kier alpha value is -2.38. The predicted octanol–water partition coefficient (Wildman–Crippen LogP) is 0.202. The van der Waals surface area contributed by atoms with Crippen LogP contribution in [-0.4, -0.2) is 84.4 Å². The van der Waals surface area contributed by atoms with Crippen molar-refractivity contribution in [3.63, 3.8) is 0 Å². The van der Waals surface area contributed by atoms with Gasteiger partial charge in [-0.1, -0.05) is 0 Å². The fraction of sp³-hybridized carbons (Fsp3) is 0.647. The zero-order valence-corrected chi connectivity index (χ0v) is 15.2. The third kappa shape index (κ3) is 3.67. The average molecular weight is 346 g/mol. The summed E-state index contributed by atoms with van der Waals surface area (Å²) in [5.74, 6) is 1.65. The van der Waals surface area contributed by atoms with Crippen LogP contribution in [0.3, 0.4) is 0 Å². The smallest absolute Gasteiger partial charge is 0.245 e. The van der Waals surface area contributed by atoms with E-state index >= 15 is 0 Å². The van der Waals surface area contributed by atoms with Crippen molar-refractivity contribution in [3.8, 4) is 0 Å². The molecule has 0 spiro atoms. The van der Waals surface area contributed by atoms with Crippen LogP contribution in [0.4, 0.5) is 11.8 Å². The first-order chi connectivity index (χ1) is 12.0. The van der Waals surface area contributed by atoms with Crippen molar-refractivity contribution in [2.24, 2.45) is 0 Å². The molecule has 1 aromatic rings. The number of carbonyl (C=O) groups is 2. The topological polar surface area (TPSA) is 72.9 Å². The van der Waals surface area contributed by atoms with Gasteiger partial charge in [-0.2, -0.15) is 4.98 Å². The van der Waals surface area contributed by atoms with E-state index in [4.69, 9.17) is 0 Å². The van der Waals surface area contributed by atoms with Gasteiger partial charge < -0.3 is 19.6 Å². The third-order valence-electron chi connectivity index (χ3n) is 4.89. The van der Waals surface area contributed by atoms with Gasteiger partial charge in [0.05, 0.1) is 0 Å². The van der Waals surface area contributed by atoms with E-state index in [-0.39, 0.29) is 17.9 Å². The largest absolute Gasteiger partial charge is 0.353 e. The number of rotatable bonds is 3. The Bertz CT molecular complexity index is 642. The van der Waals surface area contributed by atoms with E-state index in [1.165, 1.54) is 0 Å². The molecule has 2 fully saturated rings. The van der Waals surface area contributed by atoms with Crippen molar-refractivity contribution in [3.05, 3.63) is 12.3 Å². The molecule has 2 aliphatic heterocycles. The molecule has 25 heavy (non-hydrogen) atoms. The predicted molar refractivity (Wildman–Crippen MR) is 95.6 cm³/mol. The SMILES string of the molecule is CC(=O)N1CCC[C@@H]1C(=O)N1CCN(c2ccnc(N(C)C)n2)CC1. The Morgan fingerprint density at radius 1 is 1.16 bits per heavy atom. The summed E-state index contributed by atoms with van der Waals surface area (Å²) in [6, 6.07) is 1.63. The van der Waals surface area contributed by atoms with Crippen LogP contribution in [-0.2, 0) is 9.59 Å². The molecule has 0 saturated carbocycles. The summed E-state index contributed by atoms with van der Waals surface area (Å²) in [4.78, 5) is 40.9. The molecule has 0 N–H and O–H groups in total. The highest BCUT2D eigenvalue weighted by Gasteiger charge is 2.36. The van der Waals surface area contributed by atoms with Crippen LogP contribution in [0.15, 0.2) is 12.3 Å². The first kappa shape index (κ1) is 17.4. The summed E-state index contributed by atoms with van der Waals surface area (Å²) in [5, 5.41) is 0. The average Bonchev–Trinajstić information content (AvgIpc) is 3.11. The second kappa shape index (κ2) is 7.25. The lowest BCUT2D eigenvalue weighted by atomic mass is 10.1. The second-order valence-electron chi connectivity index (χ2n) is 6.79. The van der Waals surface area contributed by atoms with E-state index in [1.807, 2.05) is 30.0 Å². The van der Waals surface area contributed by atoms with Gasteiger partial charge in [-0.15, -0.1) is 0 Å². The minimum atomic E-state index is -0.275. The highest BCUT2D eigenvalue weighted by Crippen LogP contribution is 2.21. The van der Waals surface area contributed by atoms with Gasteiger partial charge in [-0.25, -0.2) is 4.98 Å². The number of amides is 2. The van der Waals surface area contributed by atoms with Crippen LogP contribution in [0.25, 0.3) is 0 Å². The summed E-state index contributed by atoms with van der Waals surface area (Å²) in [5.41, 5.74) is 0. The molecule has 2 amide bonds. The molecule has 8 nitrogen and oxygen atoms in total. The molecule has 3 heterocycles. The van der Waals surface area contributed by atoms with Gasteiger partial charge in [0.2, 0.25) is 17.8 Å². The maximum absolute atomic E-state index is 12.8. The molecular formula is C17H26N6O2. The van der Waals surface area contributed by atoms with Crippen LogP contribution < -0.4 is 9.80 Å². The van der Waals surface area contributed by atoms with Crippen LogP contribution in [0, 0.1) is 0 Å². The second-order valence-corrected chi connectivity index (χ2v) is 6.79. The van der Waals surface area contributed by atoms with Gasteiger partial charge in [-0.05, 0) is 18.9 Å². The van der Waals surface area contributed by atoms with E-state index in [1.54, 1.807) is 18.0 Å². The molecule has 3 rings (SSSR count). The van der Waals surface area contributed by atoms with Crippen molar-refractivity contribution in [2.75, 3.05) is 56.6 Å². The Labute approximate surface area is 148 Å². The molecule has 0 radical (unpaired) electrons. The lowest BCUT2D eigenvalue weighted by Gasteiger charge is -2.37. The highest BCUT2D eigenvalue weighted by atomic mass is 16.2. The summed E-state index contributed by atoms with van der Waals surface area (Å²) in [7, 11) is 3.83. The molecule has 0 unspecified atom stereocenters. The Kier molecular flexibility index (Phi) is 5.06. The molecule has 0 aromatic carbocycles. The molecule has 136 valence electrons. The number of nitrogens with zero attached hydrogens (tertiary/aromatic N) is 6. The quantitative estimate of drug-likeness (QED) is 0.779. The van der Waals surface area contributed by atoms with Gasteiger partial charge >= 0.3 is 0 Å². The van der Waals surface area contributed by atoms with Gasteiger partial charge in [0, 0.05) is 59.9 Å². The molecule has 1 aromatic heterocycles. The number of piperazine rings is 1. The fourth-order valence-electron chi connectivity index (χ4n) is 3.50.